The van der Waals surface area contributed by atoms with Crippen LogP contribution in [0.25, 0.3) is 11.2 Å². The first-order valence-electron chi connectivity index (χ1n) is 11.7. The number of hydrogen-bond donors (Lipinski definition) is 1. The number of nitrogens with one attached hydrogen (secondary N) is 1. The molecule has 3 aromatic heterocycles. The van der Waals surface area contributed by atoms with Crippen LogP contribution < -0.4 is 4.72 Å². The van der Waals surface area contributed by atoms with E-state index in [0.29, 0.717) is 32.3 Å². The van der Waals surface area contributed by atoms with Gasteiger partial charge in [-0.3, -0.25) is 4.79 Å². The van der Waals surface area contributed by atoms with Gasteiger partial charge in [-0.15, -0.1) is 11.3 Å². The Morgan fingerprint density at radius 2 is 1.76 bits per heavy atom. The van der Waals surface area contributed by atoms with E-state index < -0.39 is 15.9 Å². The highest BCUT2D eigenvalue weighted by Crippen LogP contribution is 2.26. The molecule has 0 aliphatic heterocycles. The molecule has 11 heteroatoms. The fourth-order valence-corrected chi connectivity index (χ4v) is 7.31. The number of halogens is 2. The molecule has 1 amide bonds. The Kier molecular flexibility index (Phi) is 7.67. The molecule has 3 heterocycles. The van der Waals surface area contributed by atoms with Gasteiger partial charge in [0.1, 0.15) is 21.2 Å². The van der Waals surface area contributed by atoms with Crippen LogP contribution in [-0.2, 0) is 29.4 Å². The van der Waals surface area contributed by atoms with Crippen LogP contribution in [0.5, 0.6) is 0 Å². The van der Waals surface area contributed by atoms with Crippen molar-refractivity contribution in [3.63, 3.8) is 0 Å². The Morgan fingerprint density at radius 1 is 1.00 bits per heavy atom. The molecule has 0 atom stereocenters. The van der Waals surface area contributed by atoms with Crippen LogP contribution >= 0.6 is 38.9 Å². The van der Waals surface area contributed by atoms with Crippen molar-refractivity contribution in [3.05, 3.63) is 110 Å². The minimum absolute atomic E-state index is 0.0276. The number of imidazole rings is 1. The zero-order valence-electron chi connectivity index (χ0n) is 20.2. The number of amides is 1. The molecule has 5 aromatic rings. The summed E-state index contributed by atoms with van der Waals surface area (Å²) < 4.78 is 29.8. The maximum atomic E-state index is 12.8. The van der Waals surface area contributed by atoms with Crippen molar-refractivity contribution in [1.29, 1.82) is 0 Å². The molecule has 0 bridgehead atoms. The molecule has 5 rings (SSSR count). The third-order valence-electron chi connectivity index (χ3n) is 6.05. The number of sulfonamides is 1. The van der Waals surface area contributed by atoms with Gasteiger partial charge in [0.05, 0.1) is 10.3 Å². The molecule has 7 nitrogen and oxygen atoms in total. The summed E-state index contributed by atoms with van der Waals surface area (Å²) in [7, 11) is -4.02. The Morgan fingerprint density at radius 3 is 2.47 bits per heavy atom. The van der Waals surface area contributed by atoms with Crippen LogP contribution in [0.3, 0.4) is 0 Å². The molecule has 0 radical (unpaired) electrons. The summed E-state index contributed by atoms with van der Waals surface area (Å²) in [5.74, 6) is -0.118. The van der Waals surface area contributed by atoms with Crippen LogP contribution in [-0.4, -0.2) is 28.9 Å². The number of rotatable bonds is 8. The van der Waals surface area contributed by atoms with Crippen molar-refractivity contribution in [2.45, 2.75) is 30.5 Å². The maximum Gasteiger partial charge on any atom is 0.283 e. The second-order valence-corrected chi connectivity index (χ2v) is 13.5. The summed E-state index contributed by atoms with van der Waals surface area (Å²) in [4.78, 5) is 21.8. The van der Waals surface area contributed by atoms with E-state index in [4.69, 9.17) is 11.6 Å². The summed E-state index contributed by atoms with van der Waals surface area (Å²) in [6.45, 7) is 2.25. The number of hydrogen-bond acceptors (Lipinski definition) is 6. The molecule has 0 aliphatic rings. The topological polar surface area (TPSA) is 93.9 Å². The van der Waals surface area contributed by atoms with Crippen molar-refractivity contribution < 1.29 is 13.2 Å². The van der Waals surface area contributed by atoms with Gasteiger partial charge in [-0.05, 0) is 82.7 Å². The molecule has 38 heavy (non-hydrogen) atoms. The Balaban J connectivity index is 1.36. The Bertz CT molecular complexity index is 1750. The van der Waals surface area contributed by atoms with Gasteiger partial charge < -0.3 is 4.57 Å². The molecule has 1 N–H and O–H groups in total. The number of aromatic nitrogens is 3. The summed E-state index contributed by atoms with van der Waals surface area (Å²) in [6, 6.07) is 22.5. The van der Waals surface area contributed by atoms with Gasteiger partial charge in [0.25, 0.3) is 15.9 Å². The van der Waals surface area contributed by atoms with E-state index in [1.54, 1.807) is 12.1 Å². The standard InChI is InChI=1S/C27H22BrClN4O3S2/c1-17-30-22-11-12-23(27(34)32-38(35,36)25-14-13-24(28)37-25)31-26(22)33(17)16-20-10-9-19(15-21(20)29)8-7-18-5-3-2-4-6-18/h2-6,9-15H,7-8,16H2,1H3,(H,32,34). The largest absolute Gasteiger partial charge is 0.308 e. The number of benzene rings is 2. The highest BCUT2D eigenvalue weighted by Gasteiger charge is 2.22. The number of thiophene rings is 1. The van der Waals surface area contributed by atoms with Gasteiger partial charge in [-0.1, -0.05) is 54.1 Å². The van der Waals surface area contributed by atoms with Crippen LogP contribution in [0.1, 0.15) is 33.0 Å². The van der Waals surface area contributed by atoms with Crippen molar-refractivity contribution >= 4 is 66.0 Å². The highest BCUT2D eigenvalue weighted by molar-refractivity contribution is 9.11. The number of fused-ring (bicyclic) bond motifs is 1. The molecule has 0 spiro atoms. The molecule has 0 unspecified atom stereocenters. The fraction of sp³-hybridized carbons (Fsp3) is 0.148. The van der Waals surface area contributed by atoms with Crippen LogP contribution in [0.4, 0.5) is 0 Å². The lowest BCUT2D eigenvalue weighted by atomic mass is 10.0. The van der Waals surface area contributed by atoms with Crippen LogP contribution in [0, 0.1) is 6.92 Å². The molecule has 0 aliphatic carbocycles. The molecular weight excluding hydrogens is 608 g/mol. The van der Waals surface area contributed by atoms with E-state index >= 15 is 0 Å². The second kappa shape index (κ2) is 11.0. The van der Waals surface area contributed by atoms with Gasteiger partial charge in [-0.2, -0.15) is 0 Å². The number of carbonyl (C=O) groups is 1. The zero-order valence-corrected chi connectivity index (χ0v) is 24.2. The molecule has 0 fully saturated rings. The monoisotopic (exact) mass is 628 g/mol. The summed E-state index contributed by atoms with van der Waals surface area (Å²) in [5.41, 5.74) is 4.34. The second-order valence-electron chi connectivity index (χ2n) is 8.69. The van der Waals surface area contributed by atoms with Gasteiger partial charge in [0.15, 0.2) is 5.65 Å². The minimum Gasteiger partial charge on any atom is -0.308 e. The predicted octanol–water partition coefficient (Wildman–Crippen LogP) is 6.17. The first-order valence-corrected chi connectivity index (χ1v) is 15.1. The zero-order chi connectivity index (χ0) is 26.9. The molecule has 194 valence electrons. The number of nitrogens with zero attached hydrogens (tertiary/aromatic N) is 3. The average Bonchev–Trinajstić information content (AvgIpc) is 3.47. The maximum absolute atomic E-state index is 12.8. The SMILES string of the molecule is Cc1nc2ccc(C(=O)NS(=O)(=O)c3ccc(Br)s3)nc2n1Cc1ccc(CCc2ccccc2)cc1Cl. The summed E-state index contributed by atoms with van der Waals surface area (Å²) >= 11 is 10.9. The summed E-state index contributed by atoms with van der Waals surface area (Å²) in [5, 5.41) is 0.638. The Labute approximate surface area is 237 Å². The van der Waals surface area contributed by atoms with Gasteiger partial charge in [0.2, 0.25) is 0 Å². The van der Waals surface area contributed by atoms with Crippen molar-refractivity contribution in [2.75, 3.05) is 0 Å². The van der Waals surface area contributed by atoms with Crippen LogP contribution in [0.15, 0.2) is 80.8 Å². The third kappa shape index (κ3) is 5.83. The van der Waals surface area contributed by atoms with E-state index in [9.17, 15) is 13.2 Å². The quantitative estimate of drug-likeness (QED) is 0.222. The normalized spacial score (nSPS) is 11.7. The fourth-order valence-electron chi connectivity index (χ4n) is 4.08. The van der Waals surface area contributed by atoms with Crippen molar-refractivity contribution in [3.8, 4) is 0 Å². The van der Waals surface area contributed by atoms with Crippen molar-refractivity contribution in [1.82, 2.24) is 19.3 Å². The Hall–Kier alpha value is -3.05. The number of carbonyl (C=O) groups excluding carboxylic acids is 1. The predicted molar refractivity (Wildman–Crippen MR) is 153 cm³/mol. The van der Waals surface area contributed by atoms with Crippen molar-refractivity contribution in [2.24, 2.45) is 0 Å². The highest BCUT2D eigenvalue weighted by atomic mass is 79.9. The number of pyridine rings is 1. The van der Waals surface area contributed by atoms with Gasteiger partial charge in [-0.25, -0.2) is 23.1 Å². The van der Waals surface area contributed by atoms with Gasteiger partial charge in [0, 0.05) is 5.02 Å². The first-order chi connectivity index (χ1) is 18.2. The third-order valence-corrected chi connectivity index (χ3v) is 9.85. The smallest absolute Gasteiger partial charge is 0.283 e. The lowest BCUT2D eigenvalue weighted by molar-refractivity contribution is 0.0977. The van der Waals surface area contributed by atoms with E-state index in [1.165, 1.54) is 17.7 Å². The van der Waals surface area contributed by atoms with E-state index in [0.717, 1.165) is 35.3 Å². The molecule has 0 saturated carbocycles. The molecule has 2 aromatic carbocycles. The van der Waals surface area contributed by atoms with E-state index in [1.807, 2.05) is 41.8 Å². The van der Waals surface area contributed by atoms with E-state index in [2.05, 4.69) is 48.8 Å². The average molecular weight is 630 g/mol. The molecule has 0 saturated heterocycles. The molecular formula is C27H22BrClN4O3S2. The van der Waals surface area contributed by atoms with E-state index in [-0.39, 0.29) is 9.90 Å². The van der Waals surface area contributed by atoms with Gasteiger partial charge >= 0.3 is 0 Å². The van der Waals surface area contributed by atoms with Crippen LogP contribution in [0.2, 0.25) is 5.02 Å². The minimum atomic E-state index is -4.02. The lowest BCUT2D eigenvalue weighted by Gasteiger charge is -2.11. The first kappa shape index (κ1) is 26.6. The number of aryl methyl sites for hydroxylation is 3. The summed E-state index contributed by atoms with van der Waals surface area (Å²) in [6.07, 6.45) is 1.80. The lowest BCUT2D eigenvalue weighted by Crippen LogP contribution is -2.30.